The van der Waals surface area contributed by atoms with Crippen LogP contribution in [0.3, 0.4) is 0 Å². The summed E-state index contributed by atoms with van der Waals surface area (Å²) in [6, 6.07) is 8.50. The van der Waals surface area contributed by atoms with Crippen molar-refractivity contribution in [3.63, 3.8) is 0 Å². The van der Waals surface area contributed by atoms with Crippen LogP contribution in [0.4, 0.5) is 0 Å². The van der Waals surface area contributed by atoms with Crippen molar-refractivity contribution in [1.82, 2.24) is 0 Å². The van der Waals surface area contributed by atoms with Crippen LogP contribution < -0.4 is 0 Å². The van der Waals surface area contributed by atoms with Crippen LogP contribution >= 0.6 is 0 Å². The number of hydrogen-bond acceptors (Lipinski definition) is 2. The molecular weight excluding hydrogens is 188 g/mol. The monoisotopic (exact) mass is 204 g/mol. The van der Waals surface area contributed by atoms with Crippen molar-refractivity contribution in [3.05, 3.63) is 35.4 Å². The van der Waals surface area contributed by atoms with Crippen molar-refractivity contribution in [1.29, 1.82) is 0 Å². The fourth-order valence-electron chi connectivity index (χ4n) is 3.65. The summed E-state index contributed by atoms with van der Waals surface area (Å²) in [5, 5.41) is 18.8. The van der Waals surface area contributed by atoms with Gasteiger partial charge in [-0.25, -0.2) is 0 Å². The van der Waals surface area contributed by atoms with E-state index in [1.807, 2.05) is 0 Å². The Labute approximate surface area is 89.6 Å². The highest BCUT2D eigenvalue weighted by Gasteiger charge is 2.49. The first-order valence-corrected chi connectivity index (χ1v) is 5.67. The maximum atomic E-state index is 9.40. The molecule has 2 aliphatic carbocycles. The van der Waals surface area contributed by atoms with E-state index in [4.69, 9.17) is 0 Å². The first kappa shape index (κ1) is 9.37. The Balaban J connectivity index is 2.05. The van der Waals surface area contributed by atoms with Crippen molar-refractivity contribution < 1.29 is 10.2 Å². The highest BCUT2D eigenvalue weighted by molar-refractivity contribution is 5.43. The second-order valence-corrected chi connectivity index (χ2v) is 4.77. The normalized spacial score (nSPS) is 36.9. The minimum atomic E-state index is 0.209. The topological polar surface area (TPSA) is 40.5 Å². The average Bonchev–Trinajstić information content (AvgIpc) is 2.84. The molecule has 2 nitrogen and oxygen atoms in total. The van der Waals surface area contributed by atoms with Gasteiger partial charge in [0.05, 0.1) is 0 Å². The summed E-state index contributed by atoms with van der Waals surface area (Å²) >= 11 is 0. The number of benzene rings is 1. The molecule has 1 aromatic rings. The first-order valence-electron chi connectivity index (χ1n) is 5.67. The molecule has 0 spiro atoms. The van der Waals surface area contributed by atoms with Crippen molar-refractivity contribution in [2.75, 3.05) is 13.2 Å². The standard InChI is InChI=1S/C13H16O2/c14-6-12-10-5-11(13(12)7-15)9-4-2-1-3-8(9)10/h1-4,10-15H,5-7H2/t10-,11-,12-,13-/m0/s1. The zero-order valence-corrected chi connectivity index (χ0v) is 8.63. The molecule has 2 heteroatoms. The third-order valence-electron chi connectivity index (χ3n) is 4.31. The highest BCUT2D eigenvalue weighted by atomic mass is 16.3. The zero-order chi connectivity index (χ0) is 10.4. The second-order valence-electron chi connectivity index (χ2n) is 4.77. The van der Waals surface area contributed by atoms with Crippen LogP contribution in [0, 0.1) is 11.8 Å². The van der Waals surface area contributed by atoms with Gasteiger partial charge in [-0.05, 0) is 41.2 Å². The van der Waals surface area contributed by atoms with Gasteiger partial charge >= 0.3 is 0 Å². The minimum absolute atomic E-state index is 0.209. The van der Waals surface area contributed by atoms with Crippen LogP contribution in [0.2, 0.25) is 0 Å². The second kappa shape index (κ2) is 3.32. The van der Waals surface area contributed by atoms with Gasteiger partial charge < -0.3 is 10.2 Å². The highest BCUT2D eigenvalue weighted by Crippen LogP contribution is 2.58. The predicted octanol–water partition coefficient (Wildman–Crippen LogP) is 1.49. The van der Waals surface area contributed by atoms with Gasteiger partial charge in [-0.3, -0.25) is 0 Å². The number of aliphatic hydroxyl groups is 2. The molecule has 2 N–H and O–H groups in total. The molecule has 2 aliphatic rings. The van der Waals surface area contributed by atoms with Crippen molar-refractivity contribution in [2.45, 2.75) is 18.3 Å². The van der Waals surface area contributed by atoms with Gasteiger partial charge in [0.15, 0.2) is 0 Å². The minimum Gasteiger partial charge on any atom is -0.396 e. The molecular formula is C13H16O2. The summed E-state index contributed by atoms with van der Waals surface area (Å²) in [6.07, 6.45) is 1.12. The molecule has 4 atom stereocenters. The summed E-state index contributed by atoms with van der Waals surface area (Å²) in [6.45, 7) is 0.418. The molecule has 80 valence electrons. The van der Waals surface area contributed by atoms with Crippen LogP contribution in [-0.4, -0.2) is 23.4 Å². The quantitative estimate of drug-likeness (QED) is 0.766. The maximum Gasteiger partial charge on any atom is 0.0468 e. The molecule has 0 heterocycles. The van der Waals surface area contributed by atoms with E-state index in [-0.39, 0.29) is 25.0 Å². The van der Waals surface area contributed by atoms with E-state index in [0.29, 0.717) is 11.8 Å². The molecule has 0 unspecified atom stereocenters. The molecule has 0 aromatic heterocycles. The molecule has 15 heavy (non-hydrogen) atoms. The van der Waals surface area contributed by atoms with Crippen molar-refractivity contribution in [3.8, 4) is 0 Å². The fraction of sp³-hybridized carbons (Fsp3) is 0.538. The Bertz CT molecular complexity index is 340. The third-order valence-corrected chi connectivity index (χ3v) is 4.31. The maximum absolute atomic E-state index is 9.40. The van der Waals surface area contributed by atoms with Crippen LogP contribution in [-0.2, 0) is 0 Å². The molecule has 0 saturated heterocycles. The van der Waals surface area contributed by atoms with Gasteiger partial charge in [0.2, 0.25) is 0 Å². The number of hydrogen-bond donors (Lipinski definition) is 2. The molecule has 0 amide bonds. The zero-order valence-electron chi connectivity index (χ0n) is 8.63. The van der Waals surface area contributed by atoms with E-state index in [9.17, 15) is 10.2 Å². The van der Waals surface area contributed by atoms with E-state index in [0.717, 1.165) is 6.42 Å². The van der Waals surface area contributed by atoms with E-state index in [2.05, 4.69) is 24.3 Å². The number of fused-ring (bicyclic) bond motifs is 5. The lowest BCUT2D eigenvalue weighted by Gasteiger charge is -2.30. The summed E-state index contributed by atoms with van der Waals surface area (Å²) in [5.74, 6) is 1.51. The van der Waals surface area contributed by atoms with Crippen LogP contribution in [0.15, 0.2) is 24.3 Å². The van der Waals surface area contributed by atoms with Crippen molar-refractivity contribution >= 4 is 0 Å². The van der Waals surface area contributed by atoms with Gasteiger partial charge in [-0.1, -0.05) is 24.3 Å². The Morgan fingerprint density at radius 1 is 0.933 bits per heavy atom. The van der Waals surface area contributed by atoms with E-state index < -0.39 is 0 Å². The summed E-state index contributed by atoms with van der Waals surface area (Å²) in [4.78, 5) is 0. The summed E-state index contributed by atoms with van der Waals surface area (Å²) in [5.41, 5.74) is 2.82. The largest absolute Gasteiger partial charge is 0.396 e. The Kier molecular flexibility index (Phi) is 2.08. The summed E-state index contributed by atoms with van der Waals surface area (Å²) in [7, 11) is 0. The van der Waals surface area contributed by atoms with Gasteiger partial charge in [0, 0.05) is 13.2 Å². The van der Waals surface area contributed by atoms with E-state index in [1.165, 1.54) is 11.1 Å². The van der Waals surface area contributed by atoms with Crippen LogP contribution in [0.25, 0.3) is 0 Å². The van der Waals surface area contributed by atoms with Gasteiger partial charge in [-0.2, -0.15) is 0 Å². The van der Waals surface area contributed by atoms with E-state index in [1.54, 1.807) is 0 Å². The lowest BCUT2D eigenvalue weighted by atomic mass is 9.76. The molecule has 0 aliphatic heterocycles. The van der Waals surface area contributed by atoms with Gasteiger partial charge in [0.1, 0.15) is 0 Å². The predicted molar refractivity (Wildman–Crippen MR) is 57.7 cm³/mol. The van der Waals surface area contributed by atoms with Gasteiger partial charge in [-0.15, -0.1) is 0 Å². The molecule has 2 bridgehead atoms. The van der Waals surface area contributed by atoms with Crippen LogP contribution in [0.1, 0.15) is 29.4 Å². The first-order chi connectivity index (χ1) is 7.36. The molecule has 1 aromatic carbocycles. The van der Waals surface area contributed by atoms with Crippen LogP contribution in [0.5, 0.6) is 0 Å². The Hall–Kier alpha value is -0.860. The molecule has 3 rings (SSSR count). The Morgan fingerprint density at radius 3 is 1.80 bits per heavy atom. The fourth-order valence-corrected chi connectivity index (χ4v) is 3.65. The van der Waals surface area contributed by atoms with Gasteiger partial charge in [0.25, 0.3) is 0 Å². The number of rotatable bonds is 2. The summed E-state index contributed by atoms with van der Waals surface area (Å²) < 4.78 is 0. The lowest BCUT2D eigenvalue weighted by Crippen LogP contribution is -2.27. The molecule has 1 saturated carbocycles. The molecule has 0 radical (unpaired) electrons. The third kappa shape index (κ3) is 1.12. The SMILES string of the molecule is OC[C@@H]1[C@@H](CO)[C@H]2C[C@H]1c1ccccc12. The smallest absolute Gasteiger partial charge is 0.0468 e. The Morgan fingerprint density at radius 2 is 1.40 bits per heavy atom. The average molecular weight is 204 g/mol. The van der Waals surface area contributed by atoms with Crippen molar-refractivity contribution in [2.24, 2.45) is 11.8 Å². The number of aliphatic hydroxyl groups excluding tert-OH is 2. The molecule has 1 fully saturated rings. The van der Waals surface area contributed by atoms with E-state index >= 15 is 0 Å². The lowest BCUT2D eigenvalue weighted by molar-refractivity contribution is 0.120.